The summed E-state index contributed by atoms with van der Waals surface area (Å²) in [6, 6.07) is 56.2. The average Bonchev–Trinajstić information content (AvgIpc) is 3.85. The Labute approximate surface area is 327 Å². The Morgan fingerprint density at radius 1 is 0.474 bits per heavy atom. The van der Waals surface area contributed by atoms with Crippen LogP contribution in [0.5, 0.6) is 0 Å². The topological polar surface area (TPSA) is 56.7 Å². The van der Waals surface area contributed by atoms with Gasteiger partial charge in [0.05, 0.1) is 22.3 Å². The average molecular weight is 729 g/mol. The van der Waals surface area contributed by atoms with Crippen LogP contribution < -0.4 is 0 Å². The molecule has 1 aliphatic heterocycles. The summed E-state index contributed by atoms with van der Waals surface area (Å²) in [5.74, 6) is 1.82. The number of nitrogens with zero attached hydrogens (tertiary/aromatic N) is 4. The van der Waals surface area contributed by atoms with Crippen molar-refractivity contribution in [1.82, 2.24) is 19.5 Å². The first-order chi connectivity index (χ1) is 28.0. The Morgan fingerprint density at radius 2 is 1.14 bits per heavy atom. The second-order valence-corrected chi connectivity index (χ2v) is 15.9. The van der Waals surface area contributed by atoms with Crippen LogP contribution in [0.3, 0.4) is 0 Å². The molecule has 11 aromatic rings. The van der Waals surface area contributed by atoms with E-state index in [1.807, 2.05) is 12.1 Å². The Balaban J connectivity index is 1.13. The third kappa shape index (κ3) is 4.05. The molecule has 0 N–H and O–H groups in total. The Hall–Kier alpha value is -7.37. The monoisotopic (exact) mass is 728 g/mol. The van der Waals surface area contributed by atoms with Crippen LogP contribution >= 0.6 is 0 Å². The SMILES string of the molecule is CC1(C)c2cc(-c3nc(-c4cccc5ccccc45)nc(-c4cccc5c4oc4ccccc45)n3)cc3c2-c2c1ccc1c4ccccc4n(c21)-c1ccccc1-3. The molecule has 4 heterocycles. The van der Waals surface area contributed by atoms with Gasteiger partial charge in [-0.15, -0.1) is 0 Å². The second kappa shape index (κ2) is 10.9. The van der Waals surface area contributed by atoms with Crippen molar-refractivity contribution in [1.29, 1.82) is 0 Å². The van der Waals surface area contributed by atoms with Gasteiger partial charge in [-0.05, 0) is 69.4 Å². The fourth-order valence-corrected chi connectivity index (χ4v) is 9.96. The minimum Gasteiger partial charge on any atom is -0.455 e. The number of hydrogen-bond acceptors (Lipinski definition) is 4. The number of furan rings is 1. The van der Waals surface area contributed by atoms with Gasteiger partial charge in [0, 0.05) is 49.2 Å². The van der Waals surface area contributed by atoms with Gasteiger partial charge in [0.1, 0.15) is 11.2 Å². The molecule has 0 radical (unpaired) electrons. The van der Waals surface area contributed by atoms with Gasteiger partial charge >= 0.3 is 0 Å². The molecule has 1 aliphatic carbocycles. The van der Waals surface area contributed by atoms with E-state index in [9.17, 15) is 0 Å². The van der Waals surface area contributed by atoms with Crippen molar-refractivity contribution in [3.05, 3.63) is 169 Å². The van der Waals surface area contributed by atoms with Gasteiger partial charge < -0.3 is 8.98 Å². The van der Waals surface area contributed by atoms with E-state index in [0.29, 0.717) is 17.5 Å². The predicted octanol–water partition coefficient (Wildman–Crippen LogP) is 13.3. The summed E-state index contributed by atoms with van der Waals surface area (Å²) in [5, 5.41) is 6.88. The van der Waals surface area contributed by atoms with Gasteiger partial charge in [-0.3, -0.25) is 0 Å². The smallest absolute Gasteiger partial charge is 0.167 e. The summed E-state index contributed by atoms with van der Waals surface area (Å²) in [4.78, 5) is 16.0. The van der Waals surface area contributed by atoms with Gasteiger partial charge in [-0.25, -0.2) is 15.0 Å². The summed E-state index contributed by atoms with van der Waals surface area (Å²) >= 11 is 0. The maximum atomic E-state index is 6.56. The van der Waals surface area contributed by atoms with Crippen molar-refractivity contribution in [2.45, 2.75) is 19.3 Å². The maximum absolute atomic E-state index is 6.56. The standard InChI is InChI=1S/C52H32N4O/c1-52(2)40-26-25-35-32-16-5-8-22-42(32)56-43-23-9-6-17-33(43)39-27-30(28-41(52)45(39)46(40)47(35)56)49-53-50(37-20-11-14-29-13-3-4-15-31(29)37)55-51(54-49)38-21-12-19-36-34-18-7-10-24-44(34)57-48(36)38/h3-28H,1-2H3. The quantitative estimate of drug-likeness (QED) is 0.182. The van der Waals surface area contributed by atoms with E-state index in [1.165, 1.54) is 60.9 Å². The van der Waals surface area contributed by atoms with Crippen LogP contribution in [0.4, 0.5) is 0 Å². The molecule has 0 bridgehead atoms. The molecule has 0 saturated carbocycles. The normalized spacial score (nSPS) is 13.6. The highest BCUT2D eigenvalue weighted by molar-refractivity contribution is 6.19. The molecule has 8 aromatic carbocycles. The molecule has 0 spiro atoms. The minimum atomic E-state index is -0.272. The molecule has 0 amide bonds. The zero-order valence-corrected chi connectivity index (χ0v) is 31.2. The fourth-order valence-electron chi connectivity index (χ4n) is 9.96. The van der Waals surface area contributed by atoms with E-state index in [-0.39, 0.29) is 5.41 Å². The molecule has 266 valence electrons. The van der Waals surface area contributed by atoms with E-state index in [2.05, 4.69) is 164 Å². The molecule has 13 rings (SSSR count). The molecule has 0 fully saturated rings. The second-order valence-electron chi connectivity index (χ2n) is 15.9. The molecule has 57 heavy (non-hydrogen) atoms. The first kappa shape index (κ1) is 30.9. The third-order valence-electron chi connectivity index (χ3n) is 12.6. The van der Waals surface area contributed by atoms with E-state index in [0.717, 1.165) is 49.4 Å². The van der Waals surface area contributed by atoms with Gasteiger partial charge in [0.2, 0.25) is 0 Å². The number of aromatic nitrogens is 4. The number of benzene rings is 8. The lowest BCUT2D eigenvalue weighted by molar-refractivity contribution is 0.661. The van der Waals surface area contributed by atoms with Crippen molar-refractivity contribution in [3.8, 4) is 62.1 Å². The summed E-state index contributed by atoms with van der Waals surface area (Å²) in [6.07, 6.45) is 0. The molecule has 5 heteroatoms. The Bertz CT molecular complexity index is 3560. The van der Waals surface area contributed by atoms with Crippen molar-refractivity contribution in [3.63, 3.8) is 0 Å². The lowest BCUT2D eigenvalue weighted by Gasteiger charge is -2.24. The number of fused-ring (bicyclic) bond motifs is 10. The third-order valence-corrected chi connectivity index (χ3v) is 12.6. The van der Waals surface area contributed by atoms with Crippen LogP contribution in [0.2, 0.25) is 0 Å². The first-order valence-electron chi connectivity index (χ1n) is 19.5. The maximum Gasteiger partial charge on any atom is 0.167 e. The minimum absolute atomic E-state index is 0.272. The van der Waals surface area contributed by atoms with Crippen LogP contribution in [0.25, 0.3) is 117 Å². The highest BCUT2D eigenvalue weighted by Crippen LogP contribution is 2.58. The molecule has 0 atom stereocenters. The summed E-state index contributed by atoms with van der Waals surface area (Å²) in [7, 11) is 0. The van der Waals surface area contributed by atoms with Crippen molar-refractivity contribution in [2.24, 2.45) is 0 Å². The lowest BCUT2D eigenvalue weighted by atomic mass is 9.80. The van der Waals surface area contributed by atoms with E-state index >= 15 is 0 Å². The summed E-state index contributed by atoms with van der Waals surface area (Å²) in [6.45, 7) is 4.72. The van der Waals surface area contributed by atoms with E-state index in [4.69, 9.17) is 19.4 Å². The molecule has 0 unspecified atom stereocenters. The molecule has 0 saturated heterocycles. The van der Waals surface area contributed by atoms with Crippen molar-refractivity contribution < 1.29 is 4.42 Å². The molecule has 5 nitrogen and oxygen atoms in total. The van der Waals surface area contributed by atoms with Crippen LogP contribution in [0.1, 0.15) is 25.0 Å². The zero-order chi connectivity index (χ0) is 37.6. The van der Waals surface area contributed by atoms with Crippen LogP contribution in [0, 0.1) is 0 Å². The molecule has 3 aromatic heterocycles. The van der Waals surface area contributed by atoms with Crippen LogP contribution in [0.15, 0.2) is 162 Å². The van der Waals surface area contributed by atoms with Gasteiger partial charge in [0.25, 0.3) is 0 Å². The van der Waals surface area contributed by atoms with Gasteiger partial charge in [0.15, 0.2) is 17.5 Å². The van der Waals surface area contributed by atoms with E-state index < -0.39 is 0 Å². The number of hydrogen-bond donors (Lipinski definition) is 0. The Kier molecular flexibility index (Phi) is 5.91. The van der Waals surface area contributed by atoms with Gasteiger partial charge in [-0.1, -0.05) is 135 Å². The zero-order valence-electron chi connectivity index (χ0n) is 31.2. The first-order valence-corrected chi connectivity index (χ1v) is 19.5. The summed E-state index contributed by atoms with van der Waals surface area (Å²) in [5.41, 5.74) is 15.4. The highest BCUT2D eigenvalue weighted by Gasteiger charge is 2.41. The van der Waals surface area contributed by atoms with Gasteiger partial charge in [-0.2, -0.15) is 0 Å². The molecular weight excluding hydrogens is 697 g/mol. The van der Waals surface area contributed by atoms with Crippen molar-refractivity contribution in [2.75, 3.05) is 0 Å². The lowest BCUT2D eigenvalue weighted by Crippen LogP contribution is -2.15. The molecular formula is C52H32N4O. The largest absolute Gasteiger partial charge is 0.455 e. The molecule has 2 aliphatic rings. The predicted molar refractivity (Wildman–Crippen MR) is 232 cm³/mol. The Morgan fingerprint density at radius 3 is 2.05 bits per heavy atom. The summed E-state index contributed by atoms with van der Waals surface area (Å²) < 4.78 is 9.06. The van der Waals surface area contributed by atoms with E-state index in [1.54, 1.807) is 0 Å². The number of para-hydroxylation sites is 4. The highest BCUT2D eigenvalue weighted by atomic mass is 16.3. The van der Waals surface area contributed by atoms with Crippen LogP contribution in [-0.2, 0) is 5.41 Å². The number of rotatable bonds is 3. The van der Waals surface area contributed by atoms with Crippen LogP contribution in [-0.4, -0.2) is 19.5 Å². The van der Waals surface area contributed by atoms with Crippen molar-refractivity contribution >= 4 is 54.5 Å². The fraction of sp³-hybridized carbons (Fsp3) is 0.0577.